The van der Waals surface area contributed by atoms with Crippen LogP contribution in [-0.4, -0.2) is 23.9 Å². The number of rotatable bonds is 0. The van der Waals surface area contributed by atoms with Gasteiger partial charge in [0.05, 0.1) is 12.2 Å². The highest BCUT2D eigenvalue weighted by Gasteiger charge is 2.35. The van der Waals surface area contributed by atoms with Crippen molar-refractivity contribution in [3.63, 3.8) is 0 Å². The molecule has 0 radical (unpaired) electrons. The lowest BCUT2D eigenvalue weighted by atomic mass is 9.89. The van der Waals surface area contributed by atoms with E-state index in [1.807, 2.05) is 0 Å². The molecule has 3 atom stereocenters. The lowest BCUT2D eigenvalue weighted by molar-refractivity contribution is -0.00274. The second kappa shape index (κ2) is 1.96. The Labute approximate surface area is 54.8 Å². The molecule has 0 spiro atoms. The summed E-state index contributed by atoms with van der Waals surface area (Å²) in [5.41, 5.74) is 0. The standard InChI is InChI=1S/C7H12O2/c8-6-2-1-5-3-7(6)9-4-5/h5-8H,1-4H2/t5-,6-,7-/m1/s1. The van der Waals surface area contributed by atoms with Crippen molar-refractivity contribution < 1.29 is 9.84 Å². The molecule has 1 heterocycles. The van der Waals surface area contributed by atoms with Crippen molar-refractivity contribution in [2.24, 2.45) is 5.92 Å². The molecule has 9 heavy (non-hydrogen) atoms. The Hall–Kier alpha value is -0.0800. The van der Waals surface area contributed by atoms with E-state index in [2.05, 4.69) is 0 Å². The van der Waals surface area contributed by atoms with E-state index in [9.17, 15) is 5.11 Å². The summed E-state index contributed by atoms with van der Waals surface area (Å²) in [5.74, 6) is 0.762. The number of ether oxygens (including phenoxy) is 1. The zero-order valence-corrected chi connectivity index (χ0v) is 5.42. The van der Waals surface area contributed by atoms with E-state index >= 15 is 0 Å². The van der Waals surface area contributed by atoms with E-state index in [0.29, 0.717) is 0 Å². The molecule has 0 aromatic rings. The zero-order chi connectivity index (χ0) is 6.27. The SMILES string of the molecule is O[C@@H]1CC[C@H]2CO[C@@H]1C2. The van der Waals surface area contributed by atoms with Crippen LogP contribution in [0.3, 0.4) is 0 Å². The first-order valence-electron chi connectivity index (χ1n) is 3.66. The molecule has 1 saturated carbocycles. The van der Waals surface area contributed by atoms with Crippen LogP contribution in [0.2, 0.25) is 0 Å². The highest BCUT2D eigenvalue weighted by molar-refractivity contribution is 4.85. The van der Waals surface area contributed by atoms with E-state index in [4.69, 9.17) is 4.74 Å². The van der Waals surface area contributed by atoms with Gasteiger partial charge in [-0.15, -0.1) is 0 Å². The molecule has 2 heteroatoms. The minimum Gasteiger partial charge on any atom is -0.390 e. The Morgan fingerprint density at radius 2 is 2.22 bits per heavy atom. The largest absolute Gasteiger partial charge is 0.390 e. The molecule has 2 rings (SSSR count). The number of hydrogen-bond donors (Lipinski definition) is 1. The van der Waals surface area contributed by atoms with Crippen LogP contribution in [0.25, 0.3) is 0 Å². The molecule has 0 unspecified atom stereocenters. The van der Waals surface area contributed by atoms with Gasteiger partial charge in [-0.05, 0) is 25.2 Å². The highest BCUT2D eigenvalue weighted by Crippen LogP contribution is 2.32. The van der Waals surface area contributed by atoms with Gasteiger partial charge in [-0.25, -0.2) is 0 Å². The van der Waals surface area contributed by atoms with E-state index in [-0.39, 0.29) is 12.2 Å². The second-order valence-corrected chi connectivity index (χ2v) is 3.12. The molecule has 1 saturated heterocycles. The van der Waals surface area contributed by atoms with E-state index in [0.717, 1.165) is 31.8 Å². The Bertz CT molecular complexity index is 113. The van der Waals surface area contributed by atoms with Gasteiger partial charge in [0, 0.05) is 6.61 Å². The van der Waals surface area contributed by atoms with Crippen LogP contribution in [0.1, 0.15) is 19.3 Å². The minimum absolute atomic E-state index is 0.163. The molecule has 2 nitrogen and oxygen atoms in total. The van der Waals surface area contributed by atoms with Crippen LogP contribution in [0, 0.1) is 5.92 Å². The predicted octanol–water partition coefficient (Wildman–Crippen LogP) is 0.546. The van der Waals surface area contributed by atoms with Crippen molar-refractivity contribution in [3.05, 3.63) is 0 Å². The maximum Gasteiger partial charge on any atom is 0.0837 e. The van der Waals surface area contributed by atoms with Gasteiger partial charge in [0.1, 0.15) is 0 Å². The molecular formula is C7H12O2. The molecule has 2 fully saturated rings. The van der Waals surface area contributed by atoms with Crippen molar-refractivity contribution in [2.45, 2.75) is 31.5 Å². The van der Waals surface area contributed by atoms with Crippen LogP contribution in [0.5, 0.6) is 0 Å². The minimum atomic E-state index is -0.163. The molecule has 2 bridgehead atoms. The summed E-state index contributed by atoms with van der Waals surface area (Å²) in [7, 11) is 0. The second-order valence-electron chi connectivity index (χ2n) is 3.12. The van der Waals surface area contributed by atoms with Crippen molar-refractivity contribution >= 4 is 0 Å². The lowest BCUT2D eigenvalue weighted by Crippen LogP contribution is -2.28. The van der Waals surface area contributed by atoms with Gasteiger partial charge >= 0.3 is 0 Å². The van der Waals surface area contributed by atoms with Crippen LogP contribution in [-0.2, 0) is 4.74 Å². The fraction of sp³-hybridized carbons (Fsp3) is 1.00. The summed E-state index contributed by atoms with van der Waals surface area (Å²) in [6, 6.07) is 0. The Morgan fingerprint density at radius 3 is 3.00 bits per heavy atom. The molecule has 0 aromatic heterocycles. The third-order valence-electron chi connectivity index (χ3n) is 2.41. The maximum atomic E-state index is 9.27. The average molecular weight is 128 g/mol. The number of aliphatic hydroxyl groups excluding tert-OH is 1. The third-order valence-corrected chi connectivity index (χ3v) is 2.41. The van der Waals surface area contributed by atoms with Gasteiger partial charge in [0.2, 0.25) is 0 Å². The molecule has 1 N–H and O–H groups in total. The topological polar surface area (TPSA) is 29.5 Å². The van der Waals surface area contributed by atoms with Crippen LogP contribution in [0.4, 0.5) is 0 Å². The molecule has 52 valence electrons. The first-order valence-corrected chi connectivity index (χ1v) is 3.66. The van der Waals surface area contributed by atoms with Gasteiger partial charge in [0.25, 0.3) is 0 Å². The normalized spacial score (nSPS) is 49.7. The predicted molar refractivity (Wildman–Crippen MR) is 33.1 cm³/mol. The number of hydrogen-bond acceptors (Lipinski definition) is 2. The fourth-order valence-electron chi connectivity index (χ4n) is 1.79. The molecule has 0 amide bonds. The van der Waals surface area contributed by atoms with Crippen LogP contribution >= 0.6 is 0 Å². The van der Waals surface area contributed by atoms with Gasteiger partial charge in [-0.3, -0.25) is 0 Å². The Balaban J connectivity index is 2.05. The quantitative estimate of drug-likeness (QED) is 0.516. The van der Waals surface area contributed by atoms with Crippen molar-refractivity contribution in [3.8, 4) is 0 Å². The summed E-state index contributed by atoms with van der Waals surface area (Å²) in [6.07, 6.45) is 3.24. The lowest BCUT2D eigenvalue weighted by Gasteiger charge is -2.21. The first kappa shape index (κ1) is 5.69. The van der Waals surface area contributed by atoms with Gasteiger partial charge < -0.3 is 9.84 Å². The Kier molecular flexibility index (Phi) is 1.24. The summed E-state index contributed by atoms with van der Waals surface area (Å²) in [6.45, 7) is 0.891. The molecule has 1 aliphatic heterocycles. The van der Waals surface area contributed by atoms with E-state index in [1.165, 1.54) is 0 Å². The fourth-order valence-corrected chi connectivity index (χ4v) is 1.79. The Morgan fingerprint density at radius 1 is 1.33 bits per heavy atom. The highest BCUT2D eigenvalue weighted by atomic mass is 16.5. The van der Waals surface area contributed by atoms with Gasteiger partial charge in [-0.2, -0.15) is 0 Å². The first-order chi connectivity index (χ1) is 4.36. The van der Waals surface area contributed by atoms with Gasteiger partial charge in [-0.1, -0.05) is 0 Å². The number of aliphatic hydroxyl groups is 1. The van der Waals surface area contributed by atoms with Crippen molar-refractivity contribution in [1.82, 2.24) is 0 Å². The monoisotopic (exact) mass is 128 g/mol. The molecular weight excluding hydrogens is 116 g/mol. The van der Waals surface area contributed by atoms with Crippen LogP contribution in [0.15, 0.2) is 0 Å². The van der Waals surface area contributed by atoms with E-state index in [1.54, 1.807) is 0 Å². The smallest absolute Gasteiger partial charge is 0.0837 e. The van der Waals surface area contributed by atoms with Gasteiger partial charge in [0.15, 0.2) is 0 Å². The average Bonchev–Trinajstić information content (AvgIpc) is 2.25. The van der Waals surface area contributed by atoms with E-state index < -0.39 is 0 Å². The summed E-state index contributed by atoms with van der Waals surface area (Å²) in [5, 5.41) is 9.27. The molecule has 2 aliphatic rings. The zero-order valence-electron chi connectivity index (χ0n) is 5.42. The summed E-state index contributed by atoms with van der Waals surface area (Å²) < 4.78 is 5.34. The molecule has 1 aliphatic carbocycles. The van der Waals surface area contributed by atoms with Crippen molar-refractivity contribution in [2.75, 3.05) is 6.61 Å². The summed E-state index contributed by atoms with van der Waals surface area (Å²) >= 11 is 0. The van der Waals surface area contributed by atoms with Crippen molar-refractivity contribution in [1.29, 1.82) is 0 Å². The van der Waals surface area contributed by atoms with Crippen LogP contribution < -0.4 is 0 Å². The third kappa shape index (κ3) is 0.864. The maximum absolute atomic E-state index is 9.27. The number of fused-ring (bicyclic) bond motifs is 2. The summed E-state index contributed by atoms with van der Waals surface area (Å²) in [4.78, 5) is 0. The molecule has 0 aromatic carbocycles.